The molecule has 0 amide bonds. The van der Waals surface area contributed by atoms with Crippen LogP contribution in [0.2, 0.25) is 5.02 Å². The molecule has 2 aromatic carbocycles. The largest absolute Gasteiger partial charge is 0.303 e. The number of nitrogens with one attached hydrogen (secondary N) is 1. The van der Waals surface area contributed by atoms with Crippen molar-refractivity contribution in [3.63, 3.8) is 0 Å². The van der Waals surface area contributed by atoms with Crippen LogP contribution in [0.15, 0.2) is 41.2 Å². The summed E-state index contributed by atoms with van der Waals surface area (Å²) < 4.78 is 83.4. The Morgan fingerprint density at radius 2 is 1.60 bits per heavy atom. The Balaban J connectivity index is 1.82. The predicted octanol–water partition coefficient (Wildman–Crippen LogP) is 8.58. The third-order valence-corrected chi connectivity index (χ3v) is 12.1. The van der Waals surface area contributed by atoms with E-state index in [0.29, 0.717) is 28.1 Å². The molecule has 1 fully saturated rings. The maximum atomic E-state index is 14.8. The normalized spacial score (nSPS) is 17.2. The van der Waals surface area contributed by atoms with Crippen LogP contribution in [0.25, 0.3) is 16.7 Å². The lowest BCUT2D eigenvalue weighted by Crippen LogP contribution is -2.35. The summed E-state index contributed by atoms with van der Waals surface area (Å²) in [6, 6.07) is 8.06. The summed E-state index contributed by atoms with van der Waals surface area (Å²) in [4.78, 5) is 24.6. The van der Waals surface area contributed by atoms with Crippen molar-refractivity contribution in [1.82, 2.24) is 14.5 Å². The van der Waals surface area contributed by atoms with Gasteiger partial charge in [0, 0.05) is 47.8 Å². The molecule has 4 aromatic rings. The molecule has 0 saturated heterocycles. The van der Waals surface area contributed by atoms with Crippen molar-refractivity contribution in [2.75, 3.05) is 6.26 Å². The van der Waals surface area contributed by atoms with E-state index in [0.717, 1.165) is 12.3 Å². The van der Waals surface area contributed by atoms with Gasteiger partial charge in [-0.25, -0.2) is 35.9 Å². The van der Waals surface area contributed by atoms with Crippen molar-refractivity contribution in [3.05, 3.63) is 97.2 Å². The number of nitrogens with zero attached hydrogens (tertiary/aromatic N) is 3. The molecule has 1 saturated carbocycles. The monoisotopic (exact) mass is 732 g/mol. The molecule has 2 aromatic heterocycles. The highest BCUT2D eigenvalue weighted by Gasteiger charge is 2.43. The van der Waals surface area contributed by atoms with Crippen molar-refractivity contribution in [3.8, 4) is 5.69 Å². The van der Waals surface area contributed by atoms with E-state index in [1.807, 2.05) is 20.8 Å². The molecule has 1 N–H and O–H groups in total. The van der Waals surface area contributed by atoms with E-state index in [4.69, 9.17) is 27.0 Å². The molecule has 268 valence electrons. The molecule has 13 heteroatoms. The van der Waals surface area contributed by atoms with Crippen LogP contribution in [0, 0.1) is 36.8 Å². The molecular weight excluding hydrogens is 692 g/mol. The Morgan fingerprint density at radius 3 is 2.16 bits per heavy atom. The van der Waals surface area contributed by atoms with Crippen molar-refractivity contribution < 1.29 is 26.0 Å². The number of hydrogen-bond donors (Lipinski definition) is 1. The number of aromatic nitrogens is 3. The van der Waals surface area contributed by atoms with E-state index in [-0.39, 0.29) is 71.2 Å². The SMILES string of the molecule is Cc1c(-n2c(C(Cc3cc(F)cc(F)c3)C(C)C)nc3nc(C4(C)CCC(F)(F)CC4)cc(C)c3c2=O)ccc(Cl)c1C(=N)C(C)S(C)(=O)=O. The minimum Gasteiger partial charge on any atom is -0.303 e. The summed E-state index contributed by atoms with van der Waals surface area (Å²) in [5.41, 5.74) is 0.943. The van der Waals surface area contributed by atoms with Crippen LogP contribution in [-0.2, 0) is 21.7 Å². The molecule has 50 heavy (non-hydrogen) atoms. The number of benzene rings is 2. The summed E-state index contributed by atoms with van der Waals surface area (Å²) in [5, 5.41) is 7.93. The molecule has 1 aliphatic carbocycles. The fourth-order valence-electron chi connectivity index (χ4n) is 6.86. The maximum Gasteiger partial charge on any atom is 0.267 e. The minimum absolute atomic E-state index is 0.0934. The van der Waals surface area contributed by atoms with Crippen LogP contribution < -0.4 is 5.56 Å². The second-order valence-electron chi connectivity index (χ2n) is 14.3. The van der Waals surface area contributed by atoms with E-state index < -0.39 is 49.5 Å². The first kappa shape index (κ1) is 37.6. The lowest BCUT2D eigenvalue weighted by atomic mass is 9.71. The Morgan fingerprint density at radius 1 is 1.00 bits per heavy atom. The Bertz CT molecular complexity index is 2160. The van der Waals surface area contributed by atoms with Crippen LogP contribution in [0.5, 0.6) is 0 Å². The number of pyridine rings is 1. The molecule has 0 spiro atoms. The van der Waals surface area contributed by atoms with Crippen LogP contribution in [0.1, 0.15) is 93.1 Å². The first-order valence-electron chi connectivity index (χ1n) is 16.5. The Hall–Kier alpha value is -3.64. The lowest BCUT2D eigenvalue weighted by Gasteiger charge is -2.37. The fraction of sp³-hybridized carbons (Fsp3) is 0.459. The third kappa shape index (κ3) is 7.24. The van der Waals surface area contributed by atoms with Gasteiger partial charge in [0.05, 0.1) is 21.8 Å². The topological polar surface area (TPSA) is 106 Å². The van der Waals surface area contributed by atoms with Gasteiger partial charge in [0.1, 0.15) is 22.7 Å². The van der Waals surface area contributed by atoms with Crippen LogP contribution in [0.3, 0.4) is 0 Å². The summed E-state index contributed by atoms with van der Waals surface area (Å²) in [6.45, 7) is 10.4. The van der Waals surface area contributed by atoms with Gasteiger partial charge in [0.15, 0.2) is 15.5 Å². The summed E-state index contributed by atoms with van der Waals surface area (Å²) >= 11 is 6.58. The smallest absolute Gasteiger partial charge is 0.267 e. The van der Waals surface area contributed by atoms with Gasteiger partial charge in [-0.05, 0) is 93.0 Å². The lowest BCUT2D eigenvalue weighted by molar-refractivity contribution is -0.0502. The molecule has 0 radical (unpaired) electrons. The van der Waals surface area contributed by atoms with Gasteiger partial charge >= 0.3 is 0 Å². The van der Waals surface area contributed by atoms with E-state index in [2.05, 4.69) is 0 Å². The number of rotatable bonds is 9. The zero-order valence-electron chi connectivity index (χ0n) is 29.1. The minimum atomic E-state index is -3.68. The van der Waals surface area contributed by atoms with Crippen molar-refractivity contribution in [1.29, 1.82) is 5.41 Å². The molecule has 7 nitrogen and oxygen atoms in total. The Labute approximate surface area is 294 Å². The molecule has 0 aliphatic heterocycles. The number of hydrogen-bond acceptors (Lipinski definition) is 6. The zero-order valence-corrected chi connectivity index (χ0v) is 30.7. The van der Waals surface area contributed by atoms with Gasteiger partial charge < -0.3 is 5.41 Å². The molecule has 5 rings (SSSR count). The van der Waals surface area contributed by atoms with Crippen molar-refractivity contribution in [2.24, 2.45) is 5.92 Å². The molecular formula is C37H41ClF4N4O3S. The van der Waals surface area contributed by atoms with E-state index in [1.54, 1.807) is 26.0 Å². The number of sulfone groups is 1. The summed E-state index contributed by atoms with van der Waals surface area (Å²) in [6.07, 6.45) is 0.955. The zero-order chi connectivity index (χ0) is 37.1. The molecule has 1 aliphatic rings. The Kier molecular flexibility index (Phi) is 10.1. The molecule has 0 bridgehead atoms. The quantitative estimate of drug-likeness (QED) is 0.137. The van der Waals surface area contributed by atoms with E-state index >= 15 is 0 Å². The van der Waals surface area contributed by atoms with Gasteiger partial charge in [-0.3, -0.25) is 9.36 Å². The standard InChI is InChI=1S/C37H41ClF4N4O3S/c1-19(2)26(17-23-15-24(39)18-25(40)16-23)34-45-33-30(20(3)14-29(44-33)36(6)10-12-37(41,42)13-11-36)35(47)46(34)28-9-8-27(38)31(21(28)4)32(43)22(5)50(7,48)49/h8-9,14-16,18-19,22,26,43H,10-13,17H2,1-7H3. The number of aryl methyl sites for hydroxylation is 1. The van der Waals surface area contributed by atoms with Gasteiger partial charge in [-0.2, -0.15) is 0 Å². The van der Waals surface area contributed by atoms with Crippen LogP contribution in [-0.4, -0.2) is 46.1 Å². The number of fused-ring (bicyclic) bond motifs is 1. The molecule has 2 unspecified atom stereocenters. The molecule has 2 atom stereocenters. The first-order valence-corrected chi connectivity index (χ1v) is 18.8. The number of alkyl halides is 2. The number of halogens is 5. The predicted molar refractivity (Wildman–Crippen MR) is 189 cm³/mol. The van der Waals surface area contributed by atoms with Crippen molar-refractivity contribution >= 4 is 38.2 Å². The van der Waals surface area contributed by atoms with E-state index in [1.165, 1.54) is 29.7 Å². The summed E-state index contributed by atoms with van der Waals surface area (Å²) in [7, 11) is -3.68. The third-order valence-electron chi connectivity index (χ3n) is 10.2. The van der Waals surface area contributed by atoms with E-state index in [9.17, 15) is 30.8 Å². The second-order valence-corrected chi connectivity index (χ2v) is 17.1. The highest BCUT2D eigenvalue weighted by Crippen LogP contribution is 2.45. The van der Waals surface area contributed by atoms with Gasteiger partial charge in [-0.15, -0.1) is 0 Å². The van der Waals surface area contributed by atoms with Gasteiger partial charge in [0.25, 0.3) is 5.56 Å². The van der Waals surface area contributed by atoms with Crippen LogP contribution in [0.4, 0.5) is 17.6 Å². The average Bonchev–Trinajstić information content (AvgIpc) is 3.00. The fourth-order valence-corrected chi connectivity index (χ4v) is 7.71. The second kappa shape index (κ2) is 13.5. The maximum absolute atomic E-state index is 14.8. The highest BCUT2D eigenvalue weighted by molar-refractivity contribution is 7.92. The first-order chi connectivity index (χ1) is 23.1. The van der Waals surface area contributed by atoms with Crippen LogP contribution >= 0.6 is 11.6 Å². The van der Waals surface area contributed by atoms with Gasteiger partial charge in [-0.1, -0.05) is 32.4 Å². The highest BCUT2D eigenvalue weighted by atomic mass is 35.5. The van der Waals surface area contributed by atoms with Crippen molar-refractivity contribution in [2.45, 2.75) is 96.2 Å². The average molecular weight is 733 g/mol. The molecule has 2 heterocycles. The van der Waals surface area contributed by atoms with Gasteiger partial charge in [0.2, 0.25) is 5.92 Å². The summed E-state index contributed by atoms with van der Waals surface area (Å²) in [5.74, 6) is -4.86.